The Morgan fingerprint density at radius 3 is 0.918 bits per heavy atom. The molecule has 3 N–H and O–H groups in total. The fourth-order valence-electron chi connectivity index (χ4n) is 9.47. The van der Waals surface area contributed by atoms with Crippen molar-refractivity contribution in [2.45, 2.75) is 303 Å². The number of carbonyl (C=O) groups is 4. The average molecular weight is 1420 g/mol. The van der Waals surface area contributed by atoms with Crippen LogP contribution in [-0.2, 0) is 65.4 Å². The first-order valence-electron chi connectivity index (χ1n) is 37.4. The number of aliphatic hydroxyl groups excluding tert-OH is 1. The summed E-state index contributed by atoms with van der Waals surface area (Å²) in [4.78, 5) is 72.7. The SMILES string of the molecule is CC/C=C\C/C=C\C/C=C\C/C=C\C/C=C\C/C=C\CCC(=O)OCC(COP(=O)(O)OCC(O)COP(=O)(O)OCC(COC(=O)CCCC/C=C\C/C=C\C/C=C\C/C=C\CC)OC(=O)CCCCCCCCCCCCC)OC(=O)CCCCCCC/C=C\CCCCCC. The lowest BCUT2D eigenvalue weighted by atomic mass is 10.1. The molecule has 0 aromatic rings. The number of aliphatic hydroxyl groups is 1. The normalized spacial score (nSPS) is 14.7. The van der Waals surface area contributed by atoms with Gasteiger partial charge in [-0.05, 0) is 128 Å². The molecule has 0 spiro atoms. The smallest absolute Gasteiger partial charge is 0.462 e. The second kappa shape index (κ2) is 70.6. The minimum absolute atomic E-state index is 0.0315. The summed E-state index contributed by atoms with van der Waals surface area (Å²) < 4.78 is 68.2. The van der Waals surface area contributed by atoms with Gasteiger partial charge in [-0.2, -0.15) is 0 Å². The highest BCUT2D eigenvalue weighted by Crippen LogP contribution is 2.45. The summed E-state index contributed by atoms with van der Waals surface area (Å²) >= 11 is 0. The van der Waals surface area contributed by atoms with Crippen LogP contribution in [0.5, 0.6) is 0 Å². The third-order valence-corrected chi connectivity index (χ3v) is 17.0. The average Bonchev–Trinajstić information content (AvgIpc) is 0.972. The summed E-state index contributed by atoms with van der Waals surface area (Å²) in [5, 5.41) is 10.6. The molecule has 560 valence electrons. The molecule has 17 nitrogen and oxygen atoms in total. The van der Waals surface area contributed by atoms with E-state index in [-0.39, 0.29) is 25.7 Å². The van der Waals surface area contributed by atoms with E-state index in [9.17, 15) is 43.2 Å². The van der Waals surface area contributed by atoms with Crippen LogP contribution in [0.15, 0.2) is 134 Å². The highest BCUT2D eigenvalue weighted by Gasteiger charge is 2.30. The lowest BCUT2D eigenvalue weighted by Gasteiger charge is -2.21. The minimum Gasteiger partial charge on any atom is -0.462 e. The largest absolute Gasteiger partial charge is 0.472 e. The topological polar surface area (TPSA) is 237 Å². The Kier molecular flexibility index (Phi) is 67.2. The zero-order chi connectivity index (χ0) is 71.8. The van der Waals surface area contributed by atoms with Gasteiger partial charge < -0.3 is 33.8 Å². The van der Waals surface area contributed by atoms with Crippen LogP contribution in [0.4, 0.5) is 0 Å². The molecular formula is C79H132O17P2. The van der Waals surface area contributed by atoms with Crippen LogP contribution >= 0.6 is 15.6 Å². The zero-order valence-corrected chi connectivity index (χ0v) is 62.7. The molecule has 0 amide bonds. The molecule has 0 aromatic carbocycles. The zero-order valence-electron chi connectivity index (χ0n) is 60.9. The van der Waals surface area contributed by atoms with Crippen molar-refractivity contribution in [3.05, 3.63) is 134 Å². The Labute approximate surface area is 593 Å². The van der Waals surface area contributed by atoms with E-state index in [4.69, 9.17) is 37.0 Å². The third-order valence-electron chi connectivity index (χ3n) is 15.1. The van der Waals surface area contributed by atoms with E-state index in [0.29, 0.717) is 32.1 Å². The minimum atomic E-state index is -4.99. The number of hydrogen-bond donors (Lipinski definition) is 3. The van der Waals surface area contributed by atoms with Crippen molar-refractivity contribution >= 4 is 39.5 Å². The maximum atomic E-state index is 13.1. The van der Waals surface area contributed by atoms with Gasteiger partial charge in [0.15, 0.2) is 12.2 Å². The van der Waals surface area contributed by atoms with E-state index in [1.165, 1.54) is 64.2 Å². The van der Waals surface area contributed by atoms with Crippen molar-refractivity contribution in [2.24, 2.45) is 0 Å². The monoisotopic (exact) mass is 1410 g/mol. The first kappa shape index (κ1) is 93.2. The molecule has 0 saturated heterocycles. The standard InChI is InChI=1S/C79H132O17P2/c1-5-9-13-17-21-25-29-32-34-35-36-37-39-42-45-48-52-56-60-64-77(82)90-70-75(96-79(84)66-62-58-54-50-46-40-31-27-23-19-15-11-7-3)72-94-98(87,88)92-68-73(80)67-91-97(85,86)93-71-74(95-78(83)65-61-57-53-49-43-28-24-20-16-12-8-4)69-89-76(81)63-59-55-51-47-44-41-38-33-30-26-22-18-14-10-6-2/h9-10,13-14,21-22,25-27,31-34,36-38,42,44-45,47,52,56,73-75,80H,5-8,11-12,15-20,23-24,28-30,35,39-41,43,46,48-51,53-55,57-72H2,1-4H3,(H,85,86)(H,87,88)/b13-9-,14-10-,25-21-,26-22-,31-27-,34-32-,37-36-,38-33-,45-42-,47-44-,56-52-. The Morgan fingerprint density at radius 2 is 0.551 bits per heavy atom. The highest BCUT2D eigenvalue weighted by molar-refractivity contribution is 7.47. The van der Waals surface area contributed by atoms with Crippen molar-refractivity contribution in [3.8, 4) is 0 Å². The van der Waals surface area contributed by atoms with Crippen LogP contribution < -0.4 is 0 Å². The molecule has 0 aliphatic heterocycles. The van der Waals surface area contributed by atoms with Gasteiger partial charge in [-0.15, -0.1) is 0 Å². The first-order chi connectivity index (χ1) is 47.7. The fourth-order valence-corrected chi connectivity index (χ4v) is 11.0. The van der Waals surface area contributed by atoms with Crippen LogP contribution in [0, 0.1) is 0 Å². The van der Waals surface area contributed by atoms with Crippen molar-refractivity contribution in [3.63, 3.8) is 0 Å². The molecule has 0 aromatic heterocycles. The molecule has 98 heavy (non-hydrogen) atoms. The van der Waals surface area contributed by atoms with Crippen LogP contribution in [0.2, 0.25) is 0 Å². The first-order valence-corrected chi connectivity index (χ1v) is 40.4. The number of ether oxygens (including phenoxy) is 4. The third kappa shape index (κ3) is 69.7. The van der Waals surface area contributed by atoms with Gasteiger partial charge in [0.25, 0.3) is 0 Å². The van der Waals surface area contributed by atoms with Crippen molar-refractivity contribution in [2.75, 3.05) is 39.6 Å². The highest BCUT2D eigenvalue weighted by atomic mass is 31.2. The van der Waals surface area contributed by atoms with E-state index in [2.05, 4.69) is 143 Å². The van der Waals surface area contributed by atoms with Gasteiger partial charge in [0.1, 0.15) is 19.3 Å². The Bertz CT molecular complexity index is 2380. The lowest BCUT2D eigenvalue weighted by molar-refractivity contribution is -0.161. The van der Waals surface area contributed by atoms with Gasteiger partial charge in [0.05, 0.1) is 26.4 Å². The molecule has 5 unspecified atom stereocenters. The maximum Gasteiger partial charge on any atom is 0.472 e. The molecule has 0 heterocycles. The summed E-state index contributed by atoms with van der Waals surface area (Å²) in [6.45, 7) is 4.46. The lowest BCUT2D eigenvalue weighted by Crippen LogP contribution is -2.30. The van der Waals surface area contributed by atoms with Crippen molar-refractivity contribution in [1.29, 1.82) is 0 Å². The number of carbonyl (C=O) groups excluding carboxylic acids is 4. The number of hydrogen-bond acceptors (Lipinski definition) is 15. The van der Waals surface area contributed by atoms with Crippen LogP contribution in [0.1, 0.15) is 285 Å². The summed E-state index contributed by atoms with van der Waals surface area (Å²) in [6.07, 6.45) is 77.6. The van der Waals surface area contributed by atoms with Crippen LogP contribution in [-0.4, -0.2) is 96.7 Å². The predicted octanol–water partition coefficient (Wildman–Crippen LogP) is 21.3. The second-order valence-electron chi connectivity index (χ2n) is 24.5. The van der Waals surface area contributed by atoms with E-state index >= 15 is 0 Å². The molecule has 19 heteroatoms. The maximum absolute atomic E-state index is 13.1. The number of phosphoric ester groups is 2. The van der Waals surface area contributed by atoms with Crippen molar-refractivity contribution in [1.82, 2.24) is 0 Å². The molecule has 0 bridgehead atoms. The Balaban J connectivity index is 5.42. The Hall–Kier alpha value is -4.80. The van der Waals surface area contributed by atoms with Crippen LogP contribution in [0.3, 0.4) is 0 Å². The molecule has 0 rings (SSSR count). The van der Waals surface area contributed by atoms with E-state index in [1.54, 1.807) is 0 Å². The van der Waals surface area contributed by atoms with Gasteiger partial charge in [0.2, 0.25) is 0 Å². The molecule has 0 fully saturated rings. The van der Waals surface area contributed by atoms with Gasteiger partial charge >= 0.3 is 39.5 Å². The molecule has 0 aliphatic carbocycles. The quantitative estimate of drug-likeness (QED) is 0.0169. The van der Waals surface area contributed by atoms with E-state index in [0.717, 1.165) is 135 Å². The summed E-state index contributed by atoms with van der Waals surface area (Å²) in [5.41, 5.74) is 0. The Morgan fingerprint density at radius 1 is 0.296 bits per heavy atom. The van der Waals surface area contributed by atoms with Crippen molar-refractivity contribution < 1.29 is 80.2 Å². The molecule has 0 saturated carbocycles. The van der Waals surface area contributed by atoms with E-state index in [1.807, 2.05) is 18.2 Å². The summed E-state index contributed by atoms with van der Waals surface area (Å²) in [5.74, 6) is -2.33. The van der Waals surface area contributed by atoms with Gasteiger partial charge in [-0.25, -0.2) is 9.13 Å². The van der Waals surface area contributed by atoms with E-state index < -0.39 is 97.5 Å². The molecule has 0 aliphatic rings. The number of allylic oxidation sites excluding steroid dienone is 22. The number of unbranched alkanes of at least 4 members (excludes halogenated alkanes) is 21. The van der Waals surface area contributed by atoms with Crippen LogP contribution in [0.25, 0.3) is 0 Å². The number of rotatable bonds is 69. The van der Waals surface area contributed by atoms with Gasteiger partial charge in [-0.1, -0.05) is 264 Å². The van der Waals surface area contributed by atoms with Gasteiger partial charge in [-0.3, -0.25) is 37.3 Å². The second-order valence-corrected chi connectivity index (χ2v) is 27.4. The fraction of sp³-hybridized carbons (Fsp3) is 0.671. The van der Waals surface area contributed by atoms with Gasteiger partial charge in [0, 0.05) is 25.7 Å². The summed E-state index contributed by atoms with van der Waals surface area (Å²) in [7, 11) is -9.98. The molecule has 0 radical (unpaired) electrons. The number of phosphoric acid groups is 2. The number of esters is 4. The molecule has 5 atom stereocenters. The molecular weight excluding hydrogens is 1280 g/mol. The predicted molar refractivity (Wildman–Crippen MR) is 399 cm³/mol. The summed E-state index contributed by atoms with van der Waals surface area (Å²) in [6, 6.07) is 0.